The van der Waals surface area contributed by atoms with Crippen LogP contribution in [0.3, 0.4) is 0 Å². The summed E-state index contributed by atoms with van der Waals surface area (Å²) in [4.78, 5) is 1.06. The van der Waals surface area contributed by atoms with Crippen molar-refractivity contribution in [2.75, 3.05) is 12.0 Å². The number of fused-ring (bicyclic) bond motifs is 1. The Morgan fingerprint density at radius 2 is 2.23 bits per heavy atom. The quantitative estimate of drug-likeness (QED) is 0.563. The highest BCUT2D eigenvalue weighted by Gasteiger charge is 2.08. The highest BCUT2D eigenvalue weighted by Crippen LogP contribution is 2.39. The third-order valence-electron chi connectivity index (χ3n) is 1.94. The van der Waals surface area contributed by atoms with Gasteiger partial charge in [-0.05, 0) is 18.4 Å². The number of anilines is 1. The van der Waals surface area contributed by atoms with Gasteiger partial charge in [0.1, 0.15) is 5.75 Å². The summed E-state index contributed by atoms with van der Waals surface area (Å²) in [5.74, 6) is 0.319. The van der Waals surface area contributed by atoms with Gasteiger partial charge in [0, 0.05) is 15.7 Å². The van der Waals surface area contributed by atoms with E-state index in [9.17, 15) is 5.11 Å². The monoisotopic (exact) mass is 211 g/mol. The molecule has 0 spiro atoms. The van der Waals surface area contributed by atoms with Gasteiger partial charge in [0.2, 0.25) is 0 Å². The molecule has 0 aliphatic rings. The van der Waals surface area contributed by atoms with Crippen LogP contribution in [0.2, 0.25) is 0 Å². The molecule has 1 heterocycles. The molecule has 2 rings (SSSR count). The van der Waals surface area contributed by atoms with E-state index in [1.54, 1.807) is 17.1 Å². The minimum atomic E-state index is 0.319. The summed E-state index contributed by atoms with van der Waals surface area (Å²) in [7, 11) is 0. The van der Waals surface area contributed by atoms with Crippen LogP contribution in [0, 0.1) is 0 Å². The summed E-state index contributed by atoms with van der Waals surface area (Å²) in [5, 5.41) is 12.0. The molecule has 0 radical (unpaired) electrons. The van der Waals surface area contributed by atoms with Crippen LogP contribution in [-0.4, -0.2) is 11.4 Å². The first-order valence-corrected chi connectivity index (χ1v) is 5.87. The molecule has 2 nitrogen and oxygen atoms in total. The van der Waals surface area contributed by atoms with Gasteiger partial charge in [-0.3, -0.25) is 0 Å². The minimum Gasteiger partial charge on any atom is -0.506 e. The second-order valence-electron chi connectivity index (χ2n) is 2.68. The number of benzene rings is 1. The van der Waals surface area contributed by atoms with Crippen molar-refractivity contribution in [2.24, 2.45) is 0 Å². The van der Waals surface area contributed by atoms with Crippen molar-refractivity contribution in [3.8, 4) is 5.75 Å². The molecule has 0 aliphatic carbocycles. The van der Waals surface area contributed by atoms with Crippen molar-refractivity contribution in [1.29, 1.82) is 0 Å². The molecule has 0 fully saturated rings. The van der Waals surface area contributed by atoms with Gasteiger partial charge >= 0.3 is 0 Å². The molecule has 2 aromatic rings. The standard InChI is InChI=1S/C9H9NOS2/c1-12-7-3-2-5-6(11)4-13-9(5)8(7)10/h2-4,11H,10H2,1H3. The van der Waals surface area contributed by atoms with Crippen molar-refractivity contribution in [3.63, 3.8) is 0 Å². The summed E-state index contributed by atoms with van der Waals surface area (Å²) in [6.45, 7) is 0. The SMILES string of the molecule is CSc1ccc2c(O)csc2c1N. The van der Waals surface area contributed by atoms with Crippen molar-refractivity contribution < 1.29 is 5.11 Å². The molecule has 0 saturated carbocycles. The van der Waals surface area contributed by atoms with E-state index in [1.807, 2.05) is 18.4 Å². The number of nitrogens with two attached hydrogens (primary N) is 1. The van der Waals surface area contributed by atoms with Crippen LogP contribution < -0.4 is 5.73 Å². The number of nitrogen functional groups attached to an aromatic ring is 1. The zero-order valence-electron chi connectivity index (χ0n) is 7.07. The third kappa shape index (κ3) is 1.26. The van der Waals surface area contributed by atoms with E-state index in [0.29, 0.717) is 5.75 Å². The lowest BCUT2D eigenvalue weighted by Crippen LogP contribution is -1.87. The second kappa shape index (κ2) is 3.12. The average molecular weight is 211 g/mol. The second-order valence-corrected chi connectivity index (χ2v) is 4.41. The first kappa shape index (κ1) is 8.72. The molecule has 0 unspecified atom stereocenters. The Bertz CT molecular complexity index is 450. The lowest BCUT2D eigenvalue weighted by molar-refractivity contribution is 0.483. The van der Waals surface area contributed by atoms with E-state index in [2.05, 4.69) is 0 Å². The zero-order valence-corrected chi connectivity index (χ0v) is 8.71. The Morgan fingerprint density at radius 1 is 1.46 bits per heavy atom. The van der Waals surface area contributed by atoms with Gasteiger partial charge in [-0.2, -0.15) is 0 Å². The average Bonchev–Trinajstić information content (AvgIpc) is 2.50. The molecule has 1 aromatic carbocycles. The maximum atomic E-state index is 9.45. The van der Waals surface area contributed by atoms with Crippen LogP contribution in [0.5, 0.6) is 5.75 Å². The maximum Gasteiger partial charge on any atom is 0.134 e. The topological polar surface area (TPSA) is 46.2 Å². The molecular formula is C9H9NOS2. The van der Waals surface area contributed by atoms with Gasteiger partial charge < -0.3 is 10.8 Å². The fourth-order valence-electron chi connectivity index (χ4n) is 1.27. The smallest absolute Gasteiger partial charge is 0.134 e. The number of thiophene rings is 1. The highest BCUT2D eigenvalue weighted by atomic mass is 32.2. The van der Waals surface area contributed by atoms with Gasteiger partial charge in [0.05, 0.1) is 10.4 Å². The van der Waals surface area contributed by atoms with Crippen LogP contribution >= 0.6 is 23.1 Å². The Hall–Kier alpha value is -0.870. The number of hydrogen-bond donors (Lipinski definition) is 2. The fraction of sp³-hybridized carbons (Fsp3) is 0.111. The van der Waals surface area contributed by atoms with Crippen molar-refractivity contribution in [2.45, 2.75) is 4.90 Å². The van der Waals surface area contributed by atoms with Crippen molar-refractivity contribution in [1.82, 2.24) is 0 Å². The number of thioether (sulfide) groups is 1. The van der Waals surface area contributed by atoms with Crippen LogP contribution in [0.4, 0.5) is 5.69 Å². The van der Waals surface area contributed by atoms with Crippen molar-refractivity contribution in [3.05, 3.63) is 17.5 Å². The van der Waals surface area contributed by atoms with Gasteiger partial charge in [-0.15, -0.1) is 23.1 Å². The maximum absolute atomic E-state index is 9.45. The largest absolute Gasteiger partial charge is 0.506 e. The molecule has 0 bridgehead atoms. The molecule has 1 aromatic heterocycles. The van der Waals surface area contributed by atoms with Gasteiger partial charge in [0.15, 0.2) is 0 Å². The summed E-state index contributed by atoms with van der Waals surface area (Å²) in [5.41, 5.74) is 6.69. The van der Waals surface area contributed by atoms with E-state index >= 15 is 0 Å². The molecule has 0 saturated heterocycles. The lowest BCUT2D eigenvalue weighted by atomic mass is 10.2. The molecule has 3 N–H and O–H groups in total. The summed E-state index contributed by atoms with van der Waals surface area (Å²) < 4.78 is 0.976. The number of hydrogen-bond acceptors (Lipinski definition) is 4. The lowest BCUT2D eigenvalue weighted by Gasteiger charge is -2.02. The molecule has 4 heteroatoms. The molecule has 0 amide bonds. The molecule has 0 atom stereocenters. The normalized spacial score (nSPS) is 10.8. The summed E-state index contributed by atoms with van der Waals surface area (Å²) in [6.07, 6.45) is 1.99. The first-order chi connectivity index (χ1) is 6.24. The van der Waals surface area contributed by atoms with Crippen LogP contribution in [0.25, 0.3) is 10.1 Å². The molecule has 0 aliphatic heterocycles. The van der Waals surface area contributed by atoms with E-state index in [4.69, 9.17) is 5.73 Å². The Balaban J connectivity index is 2.80. The van der Waals surface area contributed by atoms with Gasteiger partial charge in [-0.1, -0.05) is 0 Å². The fourth-order valence-corrected chi connectivity index (χ4v) is 2.75. The molecular weight excluding hydrogens is 202 g/mol. The molecule has 68 valence electrons. The zero-order chi connectivity index (χ0) is 9.42. The predicted molar refractivity (Wildman–Crippen MR) is 59.7 cm³/mol. The summed E-state index contributed by atoms with van der Waals surface area (Å²) >= 11 is 3.10. The van der Waals surface area contributed by atoms with E-state index in [0.717, 1.165) is 20.7 Å². The number of aromatic hydroxyl groups is 1. The number of rotatable bonds is 1. The summed E-state index contributed by atoms with van der Waals surface area (Å²) in [6, 6.07) is 3.85. The predicted octanol–water partition coefficient (Wildman–Crippen LogP) is 2.91. The minimum absolute atomic E-state index is 0.319. The van der Waals surface area contributed by atoms with E-state index in [-0.39, 0.29) is 0 Å². The van der Waals surface area contributed by atoms with Gasteiger partial charge in [0.25, 0.3) is 0 Å². The van der Waals surface area contributed by atoms with E-state index < -0.39 is 0 Å². The van der Waals surface area contributed by atoms with E-state index in [1.165, 1.54) is 11.3 Å². The third-order valence-corrected chi connectivity index (χ3v) is 3.75. The Kier molecular flexibility index (Phi) is 2.09. The first-order valence-electron chi connectivity index (χ1n) is 3.76. The Labute approximate surface area is 84.4 Å². The van der Waals surface area contributed by atoms with Crippen LogP contribution in [0.1, 0.15) is 0 Å². The molecule has 13 heavy (non-hydrogen) atoms. The van der Waals surface area contributed by atoms with Crippen molar-refractivity contribution >= 4 is 38.9 Å². The van der Waals surface area contributed by atoms with Gasteiger partial charge in [-0.25, -0.2) is 0 Å². The Morgan fingerprint density at radius 3 is 2.92 bits per heavy atom. The van der Waals surface area contributed by atoms with Crippen LogP contribution in [-0.2, 0) is 0 Å². The van der Waals surface area contributed by atoms with Crippen LogP contribution in [0.15, 0.2) is 22.4 Å². The highest BCUT2D eigenvalue weighted by molar-refractivity contribution is 7.98.